The van der Waals surface area contributed by atoms with Crippen LogP contribution < -0.4 is 10.6 Å². The second kappa shape index (κ2) is 5.53. The van der Waals surface area contributed by atoms with Crippen molar-refractivity contribution >= 4 is 17.6 Å². The summed E-state index contributed by atoms with van der Waals surface area (Å²) >= 11 is 0. The zero-order chi connectivity index (χ0) is 16.4. The van der Waals surface area contributed by atoms with Crippen LogP contribution in [-0.4, -0.2) is 16.9 Å². The summed E-state index contributed by atoms with van der Waals surface area (Å²) in [5.74, 6) is -0.438. The molecule has 0 bridgehead atoms. The van der Waals surface area contributed by atoms with Crippen LogP contribution in [0.4, 0.5) is 10.5 Å². The molecule has 1 heterocycles. The number of nitrogens with zero attached hydrogens (tertiary/aromatic N) is 1. The van der Waals surface area contributed by atoms with Gasteiger partial charge in [0.05, 0.1) is 4.92 Å². The lowest BCUT2D eigenvalue weighted by molar-refractivity contribution is -0.384. The summed E-state index contributed by atoms with van der Waals surface area (Å²) in [6, 6.07) is 14.3. The molecule has 1 atom stereocenters. The number of amides is 3. The van der Waals surface area contributed by atoms with Crippen LogP contribution in [0.5, 0.6) is 0 Å². The lowest BCUT2D eigenvalue weighted by Gasteiger charge is -2.26. The Hall–Kier alpha value is -3.22. The monoisotopic (exact) mass is 311 g/mol. The van der Waals surface area contributed by atoms with Gasteiger partial charge >= 0.3 is 6.03 Å². The van der Waals surface area contributed by atoms with Crippen LogP contribution >= 0.6 is 0 Å². The van der Waals surface area contributed by atoms with Crippen molar-refractivity contribution in [3.05, 3.63) is 75.8 Å². The van der Waals surface area contributed by atoms with Gasteiger partial charge < -0.3 is 5.32 Å². The van der Waals surface area contributed by atoms with Gasteiger partial charge in [0.15, 0.2) is 5.54 Å². The maximum Gasteiger partial charge on any atom is 0.322 e. The normalized spacial score (nSPS) is 20.0. The summed E-state index contributed by atoms with van der Waals surface area (Å²) in [7, 11) is 0. The van der Waals surface area contributed by atoms with E-state index >= 15 is 0 Å². The molecule has 1 aliphatic rings. The number of benzene rings is 2. The molecule has 0 spiro atoms. The number of nitrogens with one attached hydrogen (secondary N) is 2. The summed E-state index contributed by atoms with van der Waals surface area (Å²) in [4.78, 5) is 34.3. The minimum atomic E-state index is -1.21. The van der Waals surface area contributed by atoms with Crippen molar-refractivity contribution < 1.29 is 14.5 Å². The first kappa shape index (κ1) is 14.7. The van der Waals surface area contributed by atoms with Crippen molar-refractivity contribution in [2.45, 2.75) is 12.0 Å². The van der Waals surface area contributed by atoms with Crippen LogP contribution in [0.15, 0.2) is 54.6 Å². The van der Waals surface area contributed by atoms with Gasteiger partial charge in [0.1, 0.15) is 0 Å². The van der Waals surface area contributed by atoms with Gasteiger partial charge in [-0.2, -0.15) is 0 Å². The van der Waals surface area contributed by atoms with E-state index in [4.69, 9.17) is 0 Å². The summed E-state index contributed by atoms with van der Waals surface area (Å²) in [6.45, 7) is 0. The van der Waals surface area contributed by atoms with Crippen LogP contribution in [0.2, 0.25) is 0 Å². The van der Waals surface area contributed by atoms with Crippen LogP contribution in [0.25, 0.3) is 0 Å². The maximum absolute atomic E-state index is 12.4. The molecule has 2 N–H and O–H groups in total. The van der Waals surface area contributed by atoms with Gasteiger partial charge in [0.2, 0.25) is 0 Å². The number of nitro benzene ring substituents is 1. The van der Waals surface area contributed by atoms with Gasteiger partial charge in [-0.25, -0.2) is 4.79 Å². The molecule has 0 unspecified atom stereocenters. The Kier molecular flexibility index (Phi) is 3.53. The fourth-order valence-corrected chi connectivity index (χ4v) is 2.69. The van der Waals surface area contributed by atoms with Gasteiger partial charge in [-0.3, -0.25) is 20.2 Å². The second-order valence-electron chi connectivity index (χ2n) is 5.28. The minimum Gasteiger partial charge on any atom is -0.319 e. The molecule has 7 heteroatoms. The van der Waals surface area contributed by atoms with E-state index in [0.717, 1.165) is 0 Å². The van der Waals surface area contributed by atoms with E-state index in [1.54, 1.807) is 36.4 Å². The summed E-state index contributed by atoms with van der Waals surface area (Å²) < 4.78 is 0. The predicted octanol–water partition coefficient (Wildman–Crippen LogP) is 1.87. The first-order valence-electron chi connectivity index (χ1n) is 6.94. The van der Waals surface area contributed by atoms with Crippen molar-refractivity contribution in [2.24, 2.45) is 0 Å². The van der Waals surface area contributed by atoms with Gasteiger partial charge in [-0.1, -0.05) is 42.5 Å². The first-order valence-corrected chi connectivity index (χ1v) is 6.94. The highest BCUT2D eigenvalue weighted by atomic mass is 16.6. The molecule has 2 aromatic carbocycles. The Morgan fingerprint density at radius 2 is 1.65 bits per heavy atom. The molecule has 23 heavy (non-hydrogen) atoms. The molecule has 116 valence electrons. The molecule has 1 aliphatic heterocycles. The van der Waals surface area contributed by atoms with Gasteiger partial charge in [-0.05, 0) is 11.1 Å². The largest absolute Gasteiger partial charge is 0.322 e. The molecule has 3 amide bonds. The fourth-order valence-electron chi connectivity index (χ4n) is 2.69. The highest BCUT2D eigenvalue weighted by Gasteiger charge is 2.47. The quantitative estimate of drug-likeness (QED) is 0.511. The van der Waals surface area contributed by atoms with E-state index in [-0.39, 0.29) is 12.1 Å². The average Bonchev–Trinajstić information content (AvgIpc) is 2.83. The third-order valence-electron chi connectivity index (χ3n) is 3.82. The summed E-state index contributed by atoms with van der Waals surface area (Å²) in [6.07, 6.45) is 0.201. The zero-order valence-corrected chi connectivity index (χ0v) is 12.0. The average molecular weight is 311 g/mol. The predicted molar refractivity (Wildman–Crippen MR) is 81.6 cm³/mol. The summed E-state index contributed by atoms with van der Waals surface area (Å²) in [5.41, 5.74) is 0.120. The fraction of sp³-hybridized carbons (Fsp3) is 0.125. The standard InChI is InChI=1S/C16H13N3O4/c20-14-16(18-15(21)17-14,12-4-2-1-3-5-12)10-11-6-8-13(9-7-11)19(22)23/h1-9H,10H2,(H2,17,18,20,21)/t16-/m0/s1. The minimum absolute atomic E-state index is 0.0255. The Morgan fingerprint density at radius 1 is 1.00 bits per heavy atom. The zero-order valence-electron chi connectivity index (χ0n) is 12.0. The van der Waals surface area contributed by atoms with Crippen molar-refractivity contribution in [1.82, 2.24) is 10.6 Å². The SMILES string of the molecule is O=C1NC(=O)[C@](Cc2ccc([N+](=O)[O-])cc2)(c2ccccc2)N1. The van der Waals surface area contributed by atoms with Gasteiger partial charge in [0.25, 0.3) is 11.6 Å². The Bertz CT molecular complexity index is 774. The van der Waals surface area contributed by atoms with Crippen LogP contribution in [0, 0.1) is 10.1 Å². The molecular formula is C16H13N3O4. The van der Waals surface area contributed by atoms with Crippen LogP contribution in [0.1, 0.15) is 11.1 Å². The van der Waals surface area contributed by atoms with E-state index < -0.39 is 22.4 Å². The van der Waals surface area contributed by atoms with E-state index in [1.165, 1.54) is 12.1 Å². The van der Waals surface area contributed by atoms with Crippen molar-refractivity contribution in [3.8, 4) is 0 Å². The molecular weight excluding hydrogens is 298 g/mol. The number of carbonyl (C=O) groups is 2. The van der Waals surface area contributed by atoms with Crippen molar-refractivity contribution in [1.29, 1.82) is 0 Å². The number of non-ortho nitro benzene ring substituents is 1. The number of imide groups is 1. The molecule has 2 aromatic rings. The molecule has 0 aliphatic carbocycles. The maximum atomic E-state index is 12.4. The molecule has 0 radical (unpaired) electrons. The van der Waals surface area contributed by atoms with Gasteiger partial charge in [-0.15, -0.1) is 0 Å². The molecule has 1 fully saturated rings. The van der Waals surface area contributed by atoms with E-state index in [1.807, 2.05) is 6.07 Å². The second-order valence-corrected chi connectivity index (χ2v) is 5.28. The Labute approximate surface area is 131 Å². The van der Waals surface area contributed by atoms with E-state index in [0.29, 0.717) is 11.1 Å². The lowest BCUT2D eigenvalue weighted by Crippen LogP contribution is -2.45. The molecule has 0 saturated carbocycles. The molecule has 0 aromatic heterocycles. The topological polar surface area (TPSA) is 101 Å². The number of urea groups is 1. The lowest BCUT2D eigenvalue weighted by atomic mass is 9.84. The molecule has 1 saturated heterocycles. The first-order chi connectivity index (χ1) is 11.0. The van der Waals surface area contributed by atoms with E-state index in [2.05, 4.69) is 10.6 Å². The number of rotatable bonds is 4. The molecule has 3 rings (SSSR count). The number of nitro groups is 1. The van der Waals surface area contributed by atoms with Crippen molar-refractivity contribution in [3.63, 3.8) is 0 Å². The van der Waals surface area contributed by atoms with Crippen LogP contribution in [-0.2, 0) is 16.8 Å². The highest BCUT2D eigenvalue weighted by molar-refractivity contribution is 6.07. The van der Waals surface area contributed by atoms with Gasteiger partial charge in [0, 0.05) is 18.6 Å². The van der Waals surface area contributed by atoms with Crippen LogP contribution in [0.3, 0.4) is 0 Å². The third kappa shape index (κ3) is 2.64. The third-order valence-corrected chi connectivity index (χ3v) is 3.82. The number of hydrogen-bond donors (Lipinski definition) is 2. The van der Waals surface area contributed by atoms with Crippen molar-refractivity contribution in [2.75, 3.05) is 0 Å². The Balaban J connectivity index is 1.99. The number of carbonyl (C=O) groups excluding carboxylic acids is 2. The summed E-state index contributed by atoms with van der Waals surface area (Å²) in [5, 5.41) is 15.7. The highest BCUT2D eigenvalue weighted by Crippen LogP contribution is 2.29. The number of hydrogen-bond acceptors (Lipinski definition) is 4. The molecule has 7 nitrogen and oxygen atoms in total. The van der Waals surface area contributed by atoms with E-state index in [9.17, 15) is 19.7 Å². The smallest absolute Gasteiger partial charge is 0.319 e. The Morgan fingerprint density at radius 3 is 2.17 bits per heavy atom.